The van der Waals surface area contributed by atoms with E-state index in [2.05, 4.69) is 16.4 Å². The summed E-state index contributed by atoms with van der Waals surface area (Å²) >= 11 is 0. The van der Waals surface area contributed by atoms with Crippen LogP contribution in [0.2, 0.25) is 0 Å². The lowest BCUT2D eigenvalue weighted by atomic mass is 9.80. The molecule has 0 radical (unpaired) electrons. The molecular weight excluding hydrogens is 512 g/mol. The second-order valence-corrected chi connectivity index (χ2v) is 8.99. The van der Waals surface area contributed by atoms with E-state index in [-0.39, 0.29) is 0 Å². The van der Waals surface area contributed by atoms with E-state index in [1.54, 1.807) is 0 Å². The zero-order valence-corrected chi connectivity index (χ0v) is 20.3. The molecule has 3 nitrogen and oxygen atoms in total. The Morgan fingerprint density at radius 1 is 0.676 bits per heavy atom. The Bertz CT molecular complexity index is 1100. The molecule has 0 N–H and O–H groups in total. The zero-order chi connectivity index (χ0) is 27.4. The Labute approximate surface area is 208 Å². The highest BCUT2D eigenvalue weighted by atomic mass is 19.2. The molecule has 37 heavy (non-hydrogen) atoms. The third-order valence-electron chi connectivity index (χ3n) is 6.58. The van der Waals surface area contributed by atoms with Crippen LogP contribution in [-0.4, -0.2) is 12.6 Å². The maximum absolute atomic E-state index is 14.8. The van der Waals surface area contributed by atoms with Crippen molar-refractivity contribution in [3.63, 3.8) is 0 Å². The van der Waals surface area contributed by atoms with E-state index in [1.165, 1.54) is 6.92 Å². The number of benzene rings is 2. The van der Waals surface area contributed by atoms with Crippen molar-refractivity contribution in [2.75, 3.05) is 6.61 Å². The lowest BCUT2D eigenvalue weighted by Gasteiger charge is -2.27. The number of hydrogen-bond acceptors (Lipinski definition) is 3. The highest BCUT2D eigenvalue weighted by molar-refractivity contribution is 5.76. The molecule has 3 rings (SSSR count). The van der Waals surface area contributed by atoms with Gasteiger partial charge in [0.05, 0.1) is 23.7 Å². The zero-order valence-electron chi connectivity index (χ0n) is 20.3. The summed E-state index contributed by atoms with van der Waals surface area (Å²) in [6.07, 6.45) is 6.21. The Balaban J connectivity index is 1.90. The average Bonchev–Trinajstić information content (AvgIpc) is 2.89. The second-order valence-electron chi connectivity index (χ2n) is 8.99. The van der Waals surface area contributed by atoms with Gasteiger partial charge in [-0.25, -0.2) is 17.6 Å². The summed E-state index contributed by atoms with van der Waals surface area (Å²) in [5, 5.41) is 0. The van der Waals surface area contributed by atoms with Gasteiger partial charge in [0.2, 0.25) is 29.0 Å². The van der Waals surface area contributed by atoms with Gasteiger partial charge in [-0.3, -0.25) is 4.79 Å². The molecule has 0 aliphatic heterocycles. The van der Waals surface area contributed by atoms with Crippen molar-refractivity contribution in [3.8, 4) is 22.6 Å². The fourth-order valence-electron chi connectivity index (χ4n) is 4.58. The van der Waals surface area contributed by atoms with E-state index in [1.807, 2.05) is 0 Å². The lowest BCUT2D eigenvalue weighted by Crippen LogP contribution is -2.26. The standard InChI is InChI=1S/C26H26F8O3/c1-3-5-6-7-12-8-10-13(11-9-12)26(35)37-25-22(33)18(29)15(19(30)23(25)34)14-16(27)20(31)24(36-4-2)21(32)17(14)28/h12-13H,3-11H2,1-2H3/t12-,13-. The van der Waals surface area contributed by atoms with Crippen LogP contribution in [0.15, 0.2) is 0 Å². The maximum atomic E-state index is 14.8. The van der Waals surface area contributed by atoms with Crippen molar-refractivity contribution >= 4 is 5.97 Å². The minimum atomic E-state index is -2.40. The van der Waals surface area contributed by atoms with Gasteiger partial charge in [0.15, 0.2) is 29.0 Å². The summed E-state index contributed by atoms with van der Waals surface area (Å²) in [6, 6.07) is 0. The van der Waals surface area contributed by atoms with Gasteiger partial charge in [0.1, 0.15) is 0 Å². The second kappa shape index (κ2) is 12.1. The van der Waals surface area contributed by atoms with Crippen molar-refractivity contribution in [1.82, 2.24) is 0 Å². The number of esters is 1. The van der Waals surface area contributed by atoms with Crippen LogP contribution in [0.25, 0.3) is 11.1 Å². The van der Waals surface area contributed by atoms with Crippen molar-refractivity contribution in [3.05, 3.63) is 46.5 Å². The first-order valence-electron chi connectivity index (χ1n) is 12.1. The minimum Gasteiger partial charge on any atom is -0.488 e. The average molecular weight is 538 g/mol. The van der Waals surface area contributed by atoms with Crippen LogP contribution < -0.4 is 9.47 Å². The largest absolute Gasteiger partial charge is 0.488 e. The van der Waals surface area contributed by atoms with Crippen molar-refractivity contribution in [2.24, 2.45) is 11.8 Å². The molecule has 1 fully saturated rings. The van der Waals surface area contributed by atoms with Gasteiger partial charge >= 0.3 is 5.97 Å². The molecule has 0 atom stereocenters. The smallest absolute Gasteiger partial charge is 0.314 e. The summed E-state index contributed by atoms with van der Waals surface area (Å²) in [4.78, 5) is 12.5. The summed E-state index contributed by atoms with van der Waals surface area (Å²) in [5.41, 5.74) is -4.07. The maximum Gasteiger partial charge on any atom is 0.314 e. The third-order valence-corrected chi connectivity index (χ3v) is 6.58. The fourth-order valence-corrected chi connectivity index (χ4v) is 4.58. The van der Waals surface area contributed by atoms with Crippen molar-refractivity contribution in [1.29, 1.82) is 0 Å². The predicted octanol–water partition coefficient (Wildman–Crippen LogP) is 8.16. The van der Waals surface area contributed by atoms with Gasteiger partial charge in [-0.1, -0.05) is 32.6 Å². The first-order valence-corrected chi connectivity index (χ1v) is 12.1. The molecule has 0 amide bonds. The highest BCUT2D eigenvalue weighted by Crippen LogP contribution is 2.42. The van der Waals surface area contributed by atoms with Crippen LogP contribution in [-0.2, 0) is 4.79 Å². The Hall–Kier alpha value is -2.85. The molecule has 1 aliphatic rings. The van der Waals surface area contributed by atoms with Gasteiger partial charge in [0, 0.05) is 0 Å². The number of rotatable bonds is 9. The summed E-state index contributed by atoms with van der Waals surface area (Å²) in [5.74, 6) is -23.1. The number of carbonyl (C=O) groups is 1. The topological polar surface area (TPSA) is 35.5 Å². The van der Waals surface area contributed by atoms with Gasteiger partial charge in [0.25, 0.3) is 0 Å². The van der Waals surface area contributed by atoms with Crippen LogP contribution in [0, 0.1) is 58.4 Å². The number of hydrogen-bond donors (Lipinski definition) is 0. The third kappa shape index (κ3) is 5.70. The first kappa shape index (κ1) is 28.7. The summed E-state index contributed by atoms with van der Waals surface area (Å²) in [6.45, 7) is 2.90. The molecule has 1 saturated carbocycles. The Morgan fingerprint density at radius 2 is 1.14 bits per heavy atom. The van der Waals surface area contributed by atoms with Crippen molar-refractivity contribution < 1.29 is 49.4 Å². The number of carbonyl (C=O) groups excluding carboxylic acids is 1. The summed E-state index contributed by atoms with van der Waals surface area (Å²) < 4.78 is 125. The van der Waals surface area contributed by atoms with E-state index >= 15 is 0 Å². The summed E-state index contributed by atoms with van der Waals surface area (Å²) in [7, 11) is 0. The van der Waals surface area contributed by atoms with E-state index in [4.69, 9.17) is 0 Å². The number of ether oxygens (including phenoxy) is 2. The van der Waals surface area contributed by atoms with Crippen LogP contribution >= 0.6 is 0 Å². The predicted molar refractivity (Wildman–Crippen MR) is 118 cm³/mol. The molecule has 0 saturated heterocycles. The fraction of sp³-hybridized carbons (Fsp3) is 0.500. The molecule has 0 aromatic heterocycles. The quantitative estimate of drug-likeness (QED) is 0.106. The molecule has 0 spiro atoms. The molecule has 0 unspecified atom stereocenters. The molecule has 2 aromatic rings. The van der Waals surface area contributed by atoms with Gasteiger partial charge in [-0.15, -0.1) is 0 Å². The van der Waals surface area contributed by atoms with Crippen LogP contribution in [0.4, 0.5) is 35.1 Å². The lowest BCUT2D eigenvalue weighted by molar-refractivity contribution is -0.140. The first-order chi connectivity index (χ1) is 17.5. The SMILES string of the molecule is CCCCC[C@H]1CC[C@H](C(=O)Oc2c(F)c(F)c(-c3c(F)c(F)c(OCC)c(F)c3F)c(F)c2F)CC1. The van der Waals surface area contributed by atoms with Crippen LogP contribution in [0.5, 0.6) is 11.5 Å². The van der Waals surface area contributed by atoms with E-state index in [0.29, 0.717) is 31.6 Å². The molecular formula is C26H26F8O3. The normalized spacial score (nSPS) is 17.7. The van der Waals surface area contributed by atoms with E-state index < -0.39 is 87.7 Å². The molecule has 0 bridgehead atoms. The molecule has 11 heteroatoms. The number of unbranched alkanes of at least 4 members (excludes halogenated alkanes) is 2. The van der Waals surface area contributed by atoms with Gasteiger partial charge in [-0.05, 0) is 38.5 Å². The molecule has 0 heterocycles. The molecule has 2 aromatic carbocycles. The Kier molecular flexibility index (Phi) is 9.41. The Morgan fingerprint density at radius 3 is 1.57 bits per heavy atom. The van der Waals surface area contributed by atoms with Gasteiger partial charge in [-0.2, -0.15) is 17.6 Å². The van der Waals surface area contributed by atoms with Crippen LogP contribution in [0.3, 0.4) is 0 Å². The molecule has 204 valence electrons. The monoisotopic (exact) mass is 538 g/mol. The van der Waals surface area contributed by atoms with E-state index in [9.17, 15) is 39.9 Å². The van der Waals surface area contributed by atoms with Crippen LogP contribution in [0.1, 0.15) is 65.2 Å². The van der Waals surface area contributed by atoms with Crippen molar-refractivity contribution in [2.45, 2.75) is 65.2 Å². The number of halogens is 8. The highest BCUT2D eigenvalue weighted by Gasteiger charge is 2.37. The molecule has 1 aliphatic carbocycles. The van der Waals surface area contributed by atoms with E-state index in [0.717, 1.165) is 25.7 Å². The minimum absolute atomic E-state index is 0.350. The van der Waals surface area contributed by atoms with Gasteiger partial charge < -0.3 is 9.47 Å².